The van der Waals surface area contributed by atoms with Crippen molar-refractivity contribution >= 4 is 21.6 Å². The van der Waals surface area contributed by atoms with Gasteiger partial charge in [-0.3, -0.25) is 4.79 Å². The van der Waals surface area contributed by atoms with E-state index >= 15 is 0 Å². The molecule has 0 bridgehead atoms. The van der Waals surface area contributed by atoms with E-state index in [-0.39, 0.29) is 16.7 Å². The minimum absolute atomic E-state index is 0.176. The Morgan fingerprint density at radius 1 is 1.18 bits per heavy atom. The van der Waals surface area contributed by atoms with Gasteiger partial charge in [-0.15, -0.1) is 0 Å². The number of carbonyl (C=O) groups excluding carboxylic acids is 1. The molecule has 0 fully saturated rings. The van der Waals surface area contributed by atoms with E-state index in [4.69, 9.17) is 4.74 Å². The van der Waals surface area contributed by atoms with Crippen LogP contribution in [0.4, 0.5) is 5.69 Å². The van der Waals surface area contributed by atoms with Gasteiger partial charge in [0.1, 0.15) is 12.4 Å². The van der Waals surface area contributed by atoms with Crippen LogP contribution in [0.25, 0.3) is 0 Å². The van der Waals surface area contributed by atoms with Crippen LogP contribution in [0.2, 0.25) is 0 Å². The highest BCUT2D eigenvalue weighted by Gasteiger charge is 2.27. The molecule has 0 aliphatic carbocycles. The van der Waals surface area contributed by atoms with Crippen molar-refractivity contribution in [1.29, 1.82) is 0 Å². The van der Waals surface area contributed by atoms with Gasteiger partial charge in [0, 0.05) is 18.8 Å². The Balaban J connectivity index is 1.79. The molecule has 0 aromatic heterocycles. The maximum absolute atomic E-state index is 12.9. The quantitative estimate of drug-likeness (QED) is 0.805. The molecule has 1 aliphatic rings. The molecule has 1 amide bonds. The van der Waals surface area contributed by atoms with Gasteiger partial charge in [-0.1, -0.05) is 38.1 Å². The Morgan fingerprint density at radius 3 is 2.61 bits per heavy atom. The molecule has 0 saturated carbocycles. The summed E-state index contributed by atoms with van der Waals surface area (Å²) in [6, 6.07) is 12.7. The summed E-state index contributed by atoms with van der Waals surface area (Å²) in [7, 11) is -3.60. The first-order valence-electron chi connectivity index (χ1n) is 9.49. The second kappa shape index (κ2) is 8.32. The SMILES string of the molecule is CCN(CC)S(=O)(=O)c1cc(NC(=O)[C@H]2COc3ccccc3C2)ccc1C. The number of hydrogen-bond acceptors (Lipinski definition) is 4. The first-order valence-corrected chi connectivity index (χ1v) is 10.9. The molecule has 0 radical (unpaired) electrons. The number of sulfonamides is 1. The molecule has 3 rings (SSSR count). The molecule has 0 spiro atoms. The standard InChI is InChI=1S/C21H26N2O4S/c1-4-23(5-2)28(25,26)20-13-18(11-10-15(20)3)22-21(24)17-12-16-8-6-7-9-19(16)27-14-17/h6-11,13,17H,4-5,12,14H2,1-3H3,(H,22,24)/t17-/m1/s1. The van der Waals surface area contributed by atoms with Gasteiger partial charge < -0.3 is 10.1 Å². The van der Waals surface area contributed by atoms with Crippen molar-refractivity contribution in [1.82, 2.24) is 4.31 Å². The molecule has 1 aliphatic heterocycles. The summed E-state index contributed by atoms with van der Waals surface area (Å²) in [5.41, 5.74) is 2.13. The van der Waals surface area contributed by atoms with Crippen molar-refractivity contribution in [3.05, 3.63) is 53.6 Å². The Kier molecular flexibility index (Phi) is 6.05. The van der Waals surface area contributed by atoms with E-state index in [0.717, 1.165) is 11.3 Å². The number of para-hydroxylation sites is 1. The highest BCUT2D eigenvalue weighted by molar-refractivity contribution is 7.89. The molecule has 150 valence electrons. The molecule has 0 unspecified atom stereocenters. The largest absolute Gasteiger partial charge is 0.492 e. The Labute approximate surface area is 166 Å². The lowest BCUT2D eigenvalue weighted by molar-refractivity contribution is -0.121. The van der Waals surface area contributed by atoms with E-state index in [2.05, 4.69) is 5.32 Å². The van der Waals surface area contributed by atoms with Crippen LogP contribution in [-0.2, 0) is 21.2 Å². The summed E-state index contributed by atoms with van der Waals surface area (Å²) < 4.78 is 32.9. The fraction of sp³-hybridized carbons (Fsp3) is 0.381. The molecule has 2 aromatic rings. The van der Waals surface area contributed by atoms with Gasteiger partial charge in [0.25, 0.3) is 0 Å². The fourth-order valence-corrected chi connectivity index (χ4v) is 5.11. The predicted octanol–water partition coefficient (Wildman–Crippen LogP) is 3.22. The normalized spacial score (nSPS) is 16.4. The number of aryl methyl sites for hydroxylation is 1. The second-order valence-corrected chi connectivity index (χ2v) is 8.78. The van der Waals surface area contributed by atoms with E-state index in [1.54, 1.807) is 25.1 Å². The average Bonchev–Trinajstić information content (AvgIpc) is 2.69. The molecule has 0 saturated heterocycles. The Morgan fingerprint density at radius 2 is 1.89 bits per heavy atom. The number of amides is 1. The lowest BCUT2D eigenvalue weighted by Gasteiger charge is -2.25. The molecule has 1 N–H and O–H groups in total. The van der Waals surface area contributed by atoms with Gasteiger partial charge in [0.2, 0.25) is 15.9 Å². The highest BCUT2D eigenvalue weighted by atomic mass is 32.2. The van der Waals surface area contributed by atoms with E-state index in [1.165, 1.54) is 4.31 Å². The van der Waals surface area contributed by atoms with Gasteiger partial charge in [0.15, 0.2) is 0 Å². The number of ether oxygens (including phenoxy) is 1. The third-order valence-corrected chi connectivity index (χ3v) is 7.22. The third kappa shape index (κ3) is 4.05. The van der Waals surface area contributed by atoms with Gasteiger partial charge in [-0.25, -0.2) is 8.42 Å². The number of rotatable bonds is 6. The first-order chi connectivity index (χ1) is 13.4. The van der Waals surface area contributed by atoms with Crippen molar-refractivity contribution < 1.29 is 17.9 Å². The number of nitrogens with zero attached hydrogens (tertiary/aromatic N) is 1. The molecule has 1 heterocycles. The van der Waals surface area contributed by atoms with E-state index in [1.807, 2.05) is 38.1 Å². The summed E-state index contributed by atoms with van der Waals surface area (Å²) in [6.45, 7) is 6.47. The average molecular weight is 403 g/mol. The van der Waals surface area contributed by atoms with E-state index in [0.29, 0.717) is 37.4 Å². The van der Waals surface area contributed by atoms with Crippen molar-refractivity contribution in [2.24, 2.45) is 5.92 Å². The maximum Gasteiger partial charge on any atom is 0.243 e. The summed E-state index contributed by atoms with van der Waals surface area (Å²) in [4.78, 5) is 12.9. The molecular weight excluding hydrogens is 376 g/mol. The number of nitrogens with one attached hydrogen (secondary N) is 1. The fourth-order valence-electron chi connectivity index (χ4n) is 3.40. The van der Waals surface area contributed by atoms with Crippen LogP contribution in [0.1, 0.15) is 25.0 Å². The lowest BCUT2D eigenvalue weighted by atomic mass is 9.96. The number of benzene rings is 2. The smallest absolute Gasteiger partial charge is 0.243 e. The van der Waals surface area contributed by atoms with Crippen molar-refractivity contribution in [2.45, 2.75) is 32.1 Å². The van der Waals surface area contributed by atoms with Gasteiger partial charge in [0.05, 0.1) is 10.8 Å². The minimum atomic E-state index is -3.60. The van der Waals surface area contributed by atoms with Crippen LogP contribution in [0.3, 0.4) is 0 Å². The minimum Gasteiger partial charge on any atom is -0.492 e. The third-order valence-electron chi connectivity index (χ3n) is 5.03. The molecule has 6 nitrogen and oxygen atoms in total. The van der Waals surface area contributed by atoms with Crippen LogP contribution in [0.5, 0.6) is 5.75 Å². The van der Waals surface area contributed by atoms with Crippen LogP contribution in [0, 0.1) is 12.8 Å². The molecule has 28 heavy (non-hydrogen) atoms. The van der Waals surface area contributed by atoms with Crippen molar-refractivity contribution in [3.8, 4) is 5.75 Å². The summed E-state index contributed by atoms with van der Waals surface area (Å²) >= 11 is 0. The van der Waals surface area contributed by atoms with E-state index in [9.17, 15) is 13.2 Å². The number of carbonyl (C=O) groups is 1. The topological polar surface area (TPSA) is 75.7 Å². The zero-order valence-electron chi connectivity index (χ0n) is 16.4. The number of fused-ring (bicyclic) bond motifs is 1. The molecule has 2 aromatic carbocycles. The second-order valence-electron chi connectivity index (χ2n) is 6.88. The van der Waals surface area contributed by atoms with Crippen LogP contribution in [0.15, 0.2) is 47.4 Å². The number of hydrogen-bond donors (Lipinski definition) is 1. The first kappa shape index (κ1) is 20.4. The summed E-state index contributed by atoms with van der Waals surface area (Å²) in [6.07, 6.45) is 0.596. The maximum atomic E-state index is 12.9. The monoisotopic (exact) mass is 402 g/mol. The molecular formula is C21H26N2O4S. The highest BCUT2D eigenvalue weighted by Crippen LogP contribution is 2.28. The lowest BCUT2D eigenvalue weighted by Crippen LogP contribution is -2.33. The summed E-state index contributed by atoms with van der Waals surface area (Å²) in [5, 5.41) is 2.86. The van der Waals surface area contributed by atoms with Crippen molar-refractivity contribution in [2.75, 3.05) is 25.0 Å². The van der Waals surface area contributed by atoms with E-state index < -0.39 is 10.0 Å². The summed E-state index contributed by atoms with van der Waals surface area (Å²) in [5.74, 6) is 0.318. The van der Waals surface area contributed by atoms with Crippen LogP contribution >= 0.6 is 0 Å². The van der Waals surface area contributed by atoms with Gasteiger partial charge in [-0.05, 0) is 42.7 Å². The predicted molar refractivity (Wildman–Crippen MR) is 109 cm³/mol. The molecule has 1 atom stereocenters. The Hall–Kier alpha value is -2.38. The zero-order chi connectivity index (χ0) is 20.3. The number of anilines is 1. The van der Waals surface area contributed by atoms with Crippen LogP contribution in [-0.4, -0.2) is 38.3 Å². The van der Waals surface area contributed by atoms with Crippen LogP contribution < -0.4 is 10.1 Å². The van der Waals surface area contributed by atoms with Gasteiger partial charge >= 0.3 is 0 Å². The Bertz CT molecular complexity index is 968. The van der Waals surface area contributed by atoms with Gasteiger partial charge in [-0.2, -0.15) is 4.31 Å². The van der Waals surface area contributed by atoms with Crippen molar-refractivity contribution in [3.63, 3.8) is 0 Å². The molecule has 7 heteroatoms. The zero-order valence-corrected chi connectivity index (χ0v) is 17.3.